The predicted molar refractivity (Wildman–Crippen MR) is 266 cm³/mol. The van der Waals surface area contributed by atoms with Gasteiger partial charge in [-0.15, -0.1) is 0 Å². The van der Waals surface area contributed by atoms with E-state index in [0.29, 0.717) is 5.41 Å². The molecule has 0 amide bonds. The second-order valence-corrected chi connectivity index (χ2v) is 20.0. The van der Waals surface area contributed by atoms with E-state index >= 15 is 0 Å². The molecule has 6 aliphatic carbocycles. The zero-order chi connectivity index (χ0) is 41.7. The van der Waals surface area contributed by atoms with E-state index in [0.717, 1.165) is 47.9 Å². The van der Waals surface area contributed by atoms with E-state index in [9.17, 15) is 0 Å². The van der Waals surface area contributed by atoms with Crippen LogP contribution in [0.3, 0.4) is 0 Å². The van der Waals surface area contributed by atoms with Crippen LogP contribution in [0.2, 0.25) is 0 Å². The van der Waals surface area contributed by atoms with Gasteiger partial charge in [0.15, 0.2) is 0 Å². The normalized spacial score (nSPS) is 25.3. The Morgan fingerprint density at radius 2 is 1.25 bits per heavy atom. The van der Waals surface area contributed by atoms with Crippen molar-refractivity contribution in [3.63, 3.8) is 0 Å². The minimum absolute atomic E-state index is 0.140. The molecule has 6 aliphatic rings. The van der Waals surface area contributed by atoms with Crippen LogP contribution in [0.15, 0.2) is 194 Å². The Morgan fingerprint density at radius 1 is 0.531 bits per heavy atom. The summed E-state index contributed by atoms with van der Waals surface area (Å²) in [6.45, 7) is 0. The van der Waals surface area contributed by atoms with Gasteiger partial charge in [-0.2, -0.15) is 0 Å². The van der Waals surface area contributed by atoms with Gasteiger partial charge < -0.3 is 9.47 Å². The lowest BCUT2D eigenvalue weighted by molar-refractivity contribution is -0.231. The molecule has 4 fully saturated rings. The van der Waals surface area contributed by atoms with E-state index in [1.807, 2.05) is 0 Å². The molecule has 306 valence electrons. The second kappa shape index (κ2) is 12.9. The molecular formula is C62H48N2. The van der Waals surface area contributed by atoms with Crippen LogP contribution >= 0.6 is 0 Å². The summed E-state index contributed by atoms with van der Waals surface area (Å²) >= 11 is 0. The van der Waals surface area contributed by atoms with Crippen molar-refractivity contribution in [1.82, 2.24) is 4.57 Å². The first kappa shape index (κ1) is 35.5. The predicted octanol–water partition coefficient (Wildman–Crippen LogP) is 16.1. The van der Waals surface area contributed by atoms with Crippen molar-refractivity contribution >= 4 is 55.2 Å². The van der Waals surface area contributed by atoms with E-state index in [-0.39, 0.29) is 5.41 Å². The van der Waals surface area contributed by atoms with Crippen LogP contribution < -0.4 is 4.90 Å². The molecule has 2 heteroatoms. The van der Waals surface area contributed by atoms with Gasteiger partial charge in [0.2, 0.25) is 0 Å². The summed E-state index contributed by atoms with van der Waals surface area (Å²) in [5, 5.41) is 5.03. The average Bonchev–Trinajstić information content (AvgIpc) is 4.08. The summed E-state index contributed by atoms with van der Waals surface area (Å²) in [5.74, 6) is 3.42. The maximum absolute atomic E-state index is 2.67. The van der Waals surface area contributed by atoms with Crippen molar-refractivity contribution in [2.75, 3.05) is 4.90 Å². The first-order chi connectivity index (χ1) is 31.7. The van der Waals surface area contributed by atoms with Gasteiger partial charge in [0.1, 0.15) is 0 Å². The molecule has 0 saturated heterocycles. The molecule has 2 nitrogen and oxygen atoms in total. The number of nitrogens with zero attached hydrogens (tertiary/aromatic N) is 2. The van der Waals surface area contributed by atoms with E-state index in [1.165, 1.54) is 103 Å². The van der Waals surface area contributed by atoms with Gasteiger partial charge in [-0.1, -0.05) is 140 Å². The molecule has 0 radical (unpaired) electrons. The minimum atomic E-state index is 0.140. The van der Waals surface area contributed by atoms with E-state index < -0.39 is 0 Å². The number of hydrogen-bond donors (Lipinski definition) is 0. The fourth-order valence-electron chi connectivity index (χ4n) is 15.2. The lowest BCUT2D eigenvalue weighted by Crippen LogP contribution is -2.73. The third-order valence-corrected chi connectivity index (χ3v) is 17.5. The van der Waals surface area contributed by atoms with Crippen molar-refractivity contribution < 1.29 is 0 Å². The van der Waals surface area contributed by atoms with Gasteiger partial charge in [-0.25, -0.2) is 0 Å². The third-order valence-electron chi connectivity index (χ3n) is 17.5. The highest BCUT2D eigenvalue weighted by molar-refractivity contribution is 6.09. The molecule has 0 aliphatic heterocycles. The minimum Gasteiger partial charge on any atom is -0.310 e. The van der Waals surface area contributed by atoms with Crippen molar-refractivity contribution in [1.29, 1.82) is 0 Å². The maximum atomic E-state index is 2.67. The SMILES string of the molecule is C1=CCCC(c2ccc(N(c3cc(-c4ccc5c(c4)C4(c6ccccc6-5)C5CC6CC7CC4C75C6)cc(-n4c5ccccc5c5ccccc54)c3)c3cccc4ccccc34)cc2)=C1. The lowest BCUT2D eigenvalue weighted by Gasteiger charge is -2.76. The van der Waals surface area contributed by atoms with E-state index in [2.05, 4.69) is 204 Å². The van der Waals surface area contributed by atoms with E-state index in [1.54, 1.807) is 11.1 Å². The quantitative estimate of drug-likeness (QED) is 0.162. The van der Waals surface area contributed by atoms with Crippen molar-refractivity contribution in [3.05, 3.63) is 211 Å². The standard InChI is InChI=1S/C62H48N2/c1-2-13-40(14-3-1)41-25-28-46(29-26-41)63(56-24-12-16-42-15-4-5-17-49(42)56)47-33-44(34-48(37-47)64-57-22-10-7-19-52(57)53-20-8-11-23-58(53)64)43-27-30-51-50-18-6-9-21-54(50)62(55(51)35-43)59-32-39-31-45-36-60(62)61(45,59)38-39/h1-2,4-13,15-30,33-35,37,39,45,59-60H,3,14,31-32,36,38H2. The molecule has 64 heavy (non-hydrogen) atoms. The third kappa shape index (κ3) is 4.51. The van der Waals surface area contributed by atoms with Gasteiger partial charge in [0.05, 0.1) is 16.7 Å². The number of fused-ring (bicyclic) bond motifs is 12. The summed E-state index contributed by atoms with van der Waals surface area (Å²) < 4.78 is 2.51. The van der Waals surface area contributed by atoms with Gasteiger partial charge in [-0.3, -0.25) is 0 Å². The van der Waals surface area contributed by atoms with Crippen LogP contribution in [0.4, 0.5) is 17.1 Å². The van der Waals surface area contributed by atoms with Crippen LogP contribution in [-0.4, -0.2) is 4.57 Å². The Balaban J connectivity index is 0.980. The molecule has 8 aromatic carbocycles. The van der Waals surface area contributed by atoms with Gasteiger partial charge in [0, 0.05) is 38.6 Å². The summed E-state index contributed by atoms with van der Waals surface area (Å²) in [6.07, 6.45) is 14.7. The number of aromatic nitrogens is 1. The van der Waals surface area contributed by atoms with Crippen LogP contribution in [0.25, 0.3) is 66.1 Å². The fraction of sp³-hybridized carbons (Fsp3) is 0.194. The van der Waals surface area contributed by atoms with Crippen LogP contribution in [0, 0.1) is 29.1 Å². The van der Waals surface area contributed by atoms with Gasteiger partial charge in [0.25, 0.3) is 0 Å². The molecule has 0 N–H and O–H groups in total. The summed E-state index contributed by atoms with van der Waals surface area (Å²) in [6, 6.07) is 67.4. The Morgan fingerprint density at radius 3 is 2.06 bits per heavy atom. The zero-order valence-electron chi connectivity index (χ0n) is 35.9. The number of benzene rings is 8. The lowest BCUT2D eigenvalue weighted by atomic mass is 9.27. The van der Waals surface area contributed by atoms with Crippen molar-refractivity contribution in [2.45, 2.75) is 43.9 Å². The second-order valence-electron chi connectivity index (χ2n) is 20.0. The summed E-state index contributed by atoms with van der Waals surface area (Å²) in [5.41, 5.74) is 19.3. The molecule has 6 unspecified atom stereocenters. The molecule has 15 rings (SSSR count). The summed E-state index contributed by atoms with van der Waals surface area (Å²) in [4.78, 5) is 2.52. The van der Waals surface area contributed by atoms with Crippen molar-refractivity contribution in [2.24, 2.45) is 29.1 Å². The Kier molecular flexibility index (Phi) is 7.14. The van der Waals surface area contributed by atoms with E-state index in [4.69, 9.17) is 0 Å². The molecular weight excluding hydrogens is 773 g/mol. The highest BCUT2D eigenvalue weighted by Gasteiger charge is 2.84. The van der Waals surface area contributed by atoms with Crippen LogP contribution in [-0.2, 0) is 5.41 Å². The number of rotatable bonds is 6. The number of anilines is 3. The molecule has 9 aromatic rings. The smallest absolute Gasteiger partial charge is 0.0541 e. The summed E-state index contributed by atoms with van der Waals surface area (Å²) in [7, 11) is 0. The molecule has 4 saturated carbocycles. The number of allylic oxidation sites excluding steroid dienone is 4. The number of hydrogen-bond acceptors (Lipinski definition) is 1. The Labute approximate surface area is 374 Å². The highest BCUT2D eigenvalue weighted by Crippen LogP contribution is 2.89. The molecule has 1 aromatic heterocycles. The van der Waals surface area contributed by atoms with Crippen LogP contribution in [0.5, 0.6) is 0 Å². The Bertz CT molecular complexity index is 3450. The first-order valence-corrected chi connectivity index (χ1v) is 23.8. The molecule has 1 heterocycles. The highest BCUT2D eigenvalue weighted by atomic mass is 15.1. The maximum Gasteiger partial charge on any atom is 0.0541 e. The average molecular weight is 821 g/mol. The Hall–Kier alpha value is -6.90. The monoisotopic (exact) mass is 820 g/mol. The molecule has 6 atom stereocenters. The largest absolute Gasteiger partial charge is 0.310 e. The molecule has 2 spiro atoms. The van der Waals surface area contributed by atoms with Crippen molar-refractivity contribution in [3.8, 4) is 27.9 Å². The fourth-order valence-corrected chi connectivity index (χ4v) is 15.2. The van der Waals surface area contributed by atoms with Crippen LogP contribution in [0.1, 0.15) is 55.2 Å². The number of para-hydroxylation sites is 2. The zero-order valence-corrected chi connectivity index (χ0v) is 35.9. The van der Waals surface area contributed by atoms with Gasteiger partial charge >= 0.3 is 0 Å². The topological polar surface area (TPSA) is 8.17 Å². The first-order valence-electron chi connectivity index (χ1n) is 23.8. The molecule has 2 bridgehead atoms. The van der Waals surface area contributed by atoms with Gasteiger partial charge in [-0.05, 0) is 172 Å².